The number of nitrogen functional groups attached to an aromatic ring is 1. The van der Waals surface area contributed by atoms with Crippen LogP contribution in [0.4, 0.5) is 5.82 Å². The first-order chi connectivity index (χ1) is 11.3. The molecule has 1 atom stereocenters. The summed E-state index contributed by atoms with van der Waals surface area (Å²) in [6.07, 6.45) is 3.60. The first kappa shape index (κ1) is 14.8. The largest absolute Gasteiger partial charge is 0.467 e. The second-order valence-corrected chi connectivity index (χ2v) is 5.21. The maximum absolute atomic E-state index is 10.6. The summed E-state index contributed by atoms with van der Waals surface area (Å²) in [5.74, 6) is 0.452. The van der Waals surface area contributed by atoms with E-state index in [4.69, 9.17) is 10.5 Å². The van der Waals surface area contributed by atoms with Crippen molar-refractivity contribution < 1.29 is 9.53 Å². The maximum atomic E-state index is 10.6. The molecule has 0 radical (unpaired) electrons. The highest BCUT2D eigenvalue weighted by Crippen LogP contribution is 2.29. The lowest BCUT2D eigenvalue weighted by Crippen LogP contribution is -2.08. The number of nitrogens with one attached hydrogen (secondary N) is 1. The molecule has 0 aliphatic heterocycles. The van der Waals surface area contributed by atoms with Crippen molar-refractivity contribution in [1.29, 1.82) is 0 Å². The van der Waals surface area contributed by atoms with Gasteiger partial charge in [-0.2, -0.15) is 0 Å². The molecular formula is C18H17N3O2. The van der Waals surface area contributed by atoms with Crippen molar-refractivity contribution in [3.8, 4) is 11.3 Å². The number of nitrogens with zero attached hydrogens (tertiary/aromatic N) is 1. The molecule has 5 nitrogen and oxygen atoms in total. The van der Waals surface area contributed by atoms with E-state index < -0.39 is 0 Å². The van der Waals surface area contributed by atoms with Crippen molar-refractivity contribution in [3.63, 3.8) is 0 Å². The van der Waals surface area contributed by atoms with Crippen LogP contribution in [-0.2, 0) is 9.53 Å². The van der Waals surface area contributed by atoms with Crippen LogP contribution < -0.4 is 5.73 Å². The highest BCUT2D eigenvalue weighted by Gasteiger charge is 2.17. The van der Waals surface area contributed by atoms with E-state index in [-0.39, 0.29) is 5.92 Å². The summed E-state index contributed by atoms with van der Waals surface area (Å²) in [5.41, 5.74) is 9.78. The maximum Gasteiger partial charge on any atom is 0.293 e. The number of hydrogen-bond donors (Lipinski definition) is 2. The van der Waals surface area contributed by atoms with Crippen LogP contribution in [0.1, 0.15) is 17.0 Å². The van der Waals surface area contributed by atoms with Gasteiger partial charge < -0.3 is 15.5 Å². The van der Waals surface area contributed by atoms with Crippen LogP contribution in [0.25, 0.3) is 11.3 Å². The average molecular weight is 307 g/mol. The third-order valence-corrected chi connectivity index (χ3v) is 3.73. The average Bonchev–Trinajstić information content (AvgIpc) is 3.06. The van der Waals surface area contributed by atoms with Crippen molar-refractivity contribution in [2.24, 2.45) is 0 Å². The minimum absolute atomic E-state index is 0.0226. The monoisotopic (exact) mass is 307 g/mol. The highest BCUT2D eigenvalue weighted by molar-refractivity contribution is 5.63. The van der Waals surface area contributed by atoms with E-state index in [9.17, 15) is 4.79 Å². The summed E-state index contributed by atoms with van der Waals surface area (Å²) in [4.78, 5) is 17.8. The standard InChI is InChI=1S/C18H17N3O2/c19-18-9-14(6-7-20-18)17-8-15(10-21-17)16(11-23-12-22)13-4-2-1-3-5-13/h1-10,12,16,21H,11H2,(H2,19,20). The second kappa shape index (κ2) is 6.79. The number of hydrogen-bond acceptors (Lipinski definition) is 4. The summed E-state index contributed by atoms with van der Waals surface area (Å²) in [6.45, 7) is 0.774. The normalized spacial score (nSPS) is 11.8. The van der Waals surface area contributed by atoms with Crippen molar-refractivity contribution in [2.75, 3.05) is 12.3 Å². The number of benzene rings is 1. The minimum atomic E-state index is -0.0226. The SMILES string of the molecule is Nc1cc(-c2cc(C(COC=O)c3ccccc3)c[nH]2)ccn1. The van der Waals surface area contributed by atoms with Gasteiger partial charge >= 0.3 is 0 Å². The highest BCUT2D eigenvalue weighted by atomic mass is 16.5. The predicted octanol–water partition coefficient (Wildman–Crippen LogP) is 2.96. The van der Waals surface area contributed by atoms with E-state index in [1.54, 1.807) is 6.20 Å². The first-order valence-electron chi connectivity index (χ1n) is 7.28. The number of aromatic nitrogens is 2. The molecule has 5 heteroatoms. The molecule has 2 heterocycles. The molecule has 23 heavy (non-hydrogen) atoms. The number of aromatic amines is 1. The van der Waals surface area contributed by atoms with E-state index in [0.717, 1.165) is 22.4 Å². The molecule has 0 saturated heterocycles. The predicted molar refractivity (Wildman–Crippen MR) is 88.7 cm³/mol. The lowest BCUT2D eigenvalue weighted by molar-refractivity contribution is -0.128. The van der Waals surface area contributed by atoms with Crippen molar-refractivity contribution in [2.45, 2.75) is 5.92 Å². The van der Waals surface area contributed by atoms with Crippen LogP contribution >= 0.6 is 0 Å². The van der Waals surface area contributed by atoms with E-state index >= 15 is 0 Å². The fraction of sp³-hybridized carbons (Fsp3) is 0.111. The van der Waals surface area contributed by atoms with Gasteiger partial charge in [0.1, 0.15) is 12.4 Å². The Morgan fingerprint density at radius 1 is 1.17 bits per heavy atom. The molecule has 0 aliphatic rings. The topological polar surface area (TPSA) is 81.0 Å². The van der Waals surface area contributed by atoms with Gasteiger partial charge in [0.25, 0.3) is 6.47 Å². The second-order valence-electron chi connectivity index (χ2n) is 5.21. The van der Waals surface area contributed by atoms with Gasteiger partial charge in [0.2, 0.25) is 0 Å². The molecule has 2 aromatic heterocycles. The Kier molecular flexibility index (Phi) is 4.38. The fourth-order valence-electron chi connectivity index (χ4n) is 2.60. The summed E-state index contributed by atoms with van der Waals surface area (Å²) >= 11 is 0. The van der Waals surface area contributed by atoms with E-state index in [1.807, 2.05) is 54.7 Å². The summed E-state index contributed by atoms with van der Waals surface area (Å²) in [7, 11) is 0. The van der Waals surface area contributed by atoms with E-state index in [2.05, 4.69) is 9.97 Å². The van der Waals surface area contributed by atoms with Gasteiger partial charge in [-0.05, 0) is 29.3 Å². The van der Waals surface area contributed by atoms with Crippen molar-refractivity contribution >= 4 is 12.3 Å². The number of rotatable bonds is 6. The molecule has 3 rings (SSSR count). The number of pyridine rings is 1. The number of carbonyl (C=O) groups excluding carboxylic acids is 1. The fourth-order valence-corrected chi connectivity index (χ4v) is 2.60. The van der Waals surface area contributed by atoms with Crippen LogP contribution in [0.2, 0.25) is 0 Å². The molecular weight excluding hydrogens is 290 g/mol. The van der Waals surface area contributed by atoms with Crippen LogP contribution in [0, 0.1) is 0 Å². The van der Waals surface area contributed by atoms with Gasteiger partial charge in [0, 0.05) is 29.6 Å². The molecule has 116 valence electrons. The Morgan fingerprint density at radius 2 is 2.00 bits per heavy atom. The third-order valence-electron chi connectivity index (χ3n) is 3.73. The molecule has 0 amide bonds. The molecule has 0 saturated carbocycles. The lowest BCUT2D eigenvalue weighted by atomic mass is 9.93. The zero-order valence-electron chi connectivity index (χ0n) is 12.5. The molecule has 0 aliphatic carbocycles. The van der Waals surface area contributed by atoms with Crippen LogP contribution in [-0.4, -0.2) is 23.0 Å². The van der Waals surface area contributed by atoms with Crippen LogP contribution in [0.15, 0.2) is 60.9 Å². The van der Waals surface area contributed by atoms with Gasteiger partial charge in [-0.25, -0.2) is 4.98 Å². The first-order valence-corrected chi connectivity index (χ1v) is 7.28. The summed E-state index contributed by atoms with van der Waals surface area (Å²) < 4.78 is 5.01. The van der Waals surface area contributed by atoms with Crippen LogP contribution in [0.5, 0.6) is 0 Å². The van der Waals surface area contributed by atoms with Gasteiger partial charge in [0.15, 0.2) is 0 Å². The third kappa shape index (κ3) is 3.40. The molecule has 0 spiro atoms. The number of ether oxygens (including phenoxy) is 1. The Balaban J connectivity index is 1.93. The Morgan fingerprint density at radius 3 is 2.74 bits per heavy atom. The number of anilines is 1. The van der Waals surface area contributed by atoms with Crippen LogP contribution in [0.3, 0.4) is 0 Å². The van der Waals surface area contributed by atoms with Gasteiger partial charge in [-0.15, -0.1) is 0 Å². The minimum Gasteiger partial charge on any atom is -0.467 e. The lowest BCUT2D eigenvalue weighted by Gasteiger charge is -2.14. The number of H-pyrrole nitrogens is 1. The molecule has 1 unspecified atom stereocenters. The molecule has 1 aromatic carbocycles. The molecule has 0 fully saturated rings. The Hall–Kier alpha value is -3.08. The number of carbonyl (C=O) groups is 1. The van der Waals surface area contributed by atoms with E-state index in [1.165, 1.54) is 0 Å². The van der Waals surface area contributed by atoms with Crippen molar-refractivity contribution in [3.05, 3.63) is 72.1 Å². The van der Waals surface area contributed by atoms with Crippen molar-refractivity contribution in [1.82, 2.24) is 9.97 Å². The molecule has 0 bridgehead atoms. The zero-order chi connectivity index (χ0) is 16.1. The Bertz CT molecular complexity index is 784. The van der Waals surface area contributed by atoms with Gasteiger partial charge in [-0.3, -0.25) is 4.79 Å². The molecule has 3 aromatic rings. The number of nitrogens with two attached hydrogens (primary N) is 1. The van der Waals surface area contributed by atoms with E-state index in [0.29, 0.717) is 18.9 Å². The van der Waals surface area contributed by atoms with Gasteiger partial charge in [-0.1, -0.05) is 30.3 Å². The summed E-state index contributed by atoms with van der Waals surface area (Å²) in [6, 6.07) is 15.7. The molecule has 3 N–H and O–H groups in total. The quantitative estimate of drug-likeness (QED) is 0.686. The zero-order valence-corrected chi connectivity index (χ0v) is 12.5. The Labute approximate surface area is 134 Å². The van der Waals surface area contributed by atoms with Gasteiger partial charge in [0.05, 0.1) is 0 Å². The smallest absolute Gasteiger partial charge is 0.293 e. The summed E-state index contributed by atoms with van der Waals surface area (Å²) in [5, 5.41) is 0.